The number of halogens is 1. The van der Waals surface area contributed by atoms with Crippen LogP contribution in [0.5, 0.6) is 0 Å². The van der Waals surface area contributed by atoms with Gasteiger partial charge < -0.3 is 10.6 Å². The van der Waals surface area contributed by atoms with Gasteiger partial charge in [0.2, 0.25) is 0 Å². The fourth-order valence-corrected chi connectivity index (χ4v) is 1.95. The van der Waals surface area contributed by atoms with E-state index in [1.807, 2.05) is 24.1 Å². The number of nitriles is 1. The van der Waals surface area contributed by atoms with E-state index in [1.54, 1.807) is 30.3 Å². The molecule has 3 nitrogen and oxygen atoms in total. The highest BCUT2D eigenvalue weighted by molar-refractivity contribution is 5.73. The lowest BCUT2D eigenvalue weighted by Crippen LogP contribution is -2.19. The first-order chi connectivity index (χ1) is 9.13. The van der Waals surface area contributed by atoms with Gasteiger partial charge in [0, 0.05) is 19.2 Å². The topological polar surface area (TPSA) is 53.0 Å². The Balaban J connectivity index is 2.29. The highest BCUT2D eigenvalue weighted by Gasteiger charge is 2.10. The van der Waals surface area contributed by atoms with Crippen LogP contribution in [0.2, 0.25) is 0 Å². The van der Waals surface area contributed by atoms with E-state index < -0.39 is 0 Å². The highest BCUT2D eigenvalue weighted by Crippen LogP contribution is 2.26. The Morgan fingerprint density at radius 3 is 2.63 bits per heavy atom. The maximum absolute atomic E-state index is 13.6. The van der Waals surface area contributed by atoms with Gasteiger partial charge in [-0.3, -0.25) is 0 Å². The molecule has 96 valence electrons. The first-order valence-corrected chi connectivity index (χ1v) is 5.86. The molecule has 4 heteroatoms. The minimum atomic E-state index is -0.246. The maximum Gasteiger partial charge on any atom is 0.128 e. The van der Waals surface area contributed by atoms with Crippen molar-refractivity contribution in [2.45, 2.75) is 6.54 Å². The Labute approximate surface area is 111 Å². The van der Waals surface area contributed by atoms with Crippen LogP contribution < -0.4 is 10.6 Å². The van der Waals surface area contributed by atoms with Crippen molar-refractivity contribution in [3.63, 3.8) is 0 Å². The minimum absolute atomic E-state index is 0.246. The van der Waals surface area contributed by atoms with Crippen molar-refractivity contribution in [3.8, 4) is 6.07 Å². The average Bonchev–Trinajstić information content (AvgIpc) is 2.41. The molecule has 0 saturated carbocycles. The van der Waals surface area contributed by atoms with Crippen molar-refractivity contribution in [2.75, 3.05) is 17.7 Å². The molecule has 0 aliphatic rings. The number of hydrogen-bond acceptors (Lipinski definition) is 3. The number of nitrogen functional groups attached to an aromatic ring is 1. The van der Waals surface area contributed by atoms with Gasteiger partial charge in [0.15, 0.2) is 0 Å². The van der Waals surface area contributed by atoms with E-state index in [0.29, 0.717) is 23.4 Å². The lowest BCUT2D eigenvalue weighted by atomic mass is 10.1. The molecule has 0 aliphatic heterocycles. The molecule has 0 bridgehead atoms. The zero-order valence-electron chi connectivity index (χ0n) is 10.6. The number of para-hydroxylation sites is 1. The van der Waals surface area contributed by atoms with Crippen LogP contribution in [0.3, 0.4) is 0 Å². The number of hydrogen-bond donors (Lipinski definition) is 1. The quantitative estimate of drug-likeness (QED) is 0.858. The number of anilines is 2. The van der Waals surface area contributed by atoms with Gasteiger partial charge in [0.05, 0.1) is 16.9 Å². The third kappa shape index (κ3) is 2.66. The van der Waals surface area contributed by atoms with Crippen molar-refractivity contribution in [1.29, 1.82) is 5.26 Å². The van der Waals surface area contributed by atoms with Crippen LogP contribution in [0.15, 0.2) is 42.5 Å². The summed E-state index contributed by atoms with van der Waals surface area (Å²) < 4.78 is 13.6. The average molecular weight is 255 g/mol. The van der Waals surface area contributed by atoms with E-state index in [2.05, 4.69) is 0 Å². The van der Waals surface area contributed by atoms with E-state index >= 15 is 0 Å². The summed E-state index contributed by atoms with van der Waals surface area (Å²) in [5, 5.41) is 8.95. The second kappa shape index (κ2) is 5.40. The molecule has 2 aromatic carbocycles. The van der Waals surface area contributed by atoms with Gasteiger partial charge in [-0.25, -0.2) is 4.39 Å². The van der Waals surface area contributed by atoms with Gasteiger partial charge in [0.25, 0.3) is 0 Å². The summed E-state index contributed by atoms with van der Waals surface area (Å²) in [5.41, 5.74) is 8.09. The SMILES string of the molecule is CN(Cc1ccccc1F)c1cccc(C#N)c1N. The van der Waals surface area contributed by atoms with Crippen LogP contribution in [0, 0.1) is 17.1 Å². The molecular formula is C15H14FN3. The number of benzene rings is 2. The molecule has 0 amide bonds. The summed E-state index contributed by atoms with van der Waals surface area (Å²) in [6.07, 6.45) is 0. The van der Waals surface area contributed by atoms with Crippen molar-refractivity contribution < 1.29 is 4.39 Å². The van der Waals surface area contributed by atoms with Gasteiger partial charge in [-0.1, -0.05) is 24.3 Å². The molecule has 0 fully saturated rings. The molecule has 0 radical (unpaired) electrons. The van der Waals surface area contributed by atoms with E-state index in [1.165, 1.54) is 6.07 Å². The molecule has 0 atom stereocenters. The molecule has 2 N–H and O–H groups in total. The summed E-state index contributed by atoms with van der Waals surface area (Å²) in [6.45, 7) is 0.395. The number of nitrogens with zero attached hydrogens (tertiary/aromatic N) is 2. The van der Waals surface area contributed by atoms with E-state index in [4.69, 9.17) is 11.0 Å². The van der Waals surface area contributed by atoms with Crippen molar-refractivity contribution >= 4 is 11.4 Å². The Morgan fingerprint density at radius 1 is 1.21 bits per heavy atom. The highest BCUT2D eigenvalue weighted by atomic mass is 19.1. The van der Waals surface area contributed by atoms with E-state index in [-0.39, 0.29) is 5.82 Å². The molecule has 0 spiro atoms. The molecule has 2 aromatic rings. The molecular weight excluding hydrogens is 241 g/mol. The third-order valence-electron chi connectivity index (χ3n) is 2.98. The van der Waals surface area contributed by atoms with Gasteiger partial charge in [0.1, 0.15) is 11.9 Å². The molecule has 19 heavy (non-hydrogen) atoms. The monoisotopic (exact) mass is 255 g/mol. The fraction of sp³-hybridized carbons (Fsp3) is 0.133. The van der Waals surface area contributed by atoms with Crippen molar-refractivity contribution in [1.82, 2.24) is 0 Å². The lowest BCUT2D eigenvalue weighted by molar-refractivity contribution is 0.608. The maximum atomic E-state index is 13.6. The summed E-state index contributed by atoms with van der Waals surface area (Å²) >= 11 is 0. The van der Waals surface area contributed by atoms with Gasteiger partial charge in [-0.2, -0.15) is 5.26 Å². The Bertz CT molecular complexity index is 632. The normalized spacial score (nSPS) is 9.95. The minimum Gasteiger partial charge on any atom is -0.396 e. The molecule has 0 aliphatic carbocycles. The van der Waals surface area contributed by atoms with Crippen molar-refractivity contribution in [3.05, 3.63) is 59.4 Å². The summed E-state index contributed by atoms with van der Waals surface area (Å²) in [6, 6.07) is 13.9. The summed E-state index contributed by atoms with van der Waals surface area (Å²) in [7, 11) is 1.82. The van der Waals surface area contributed by atoms with Crippen LogP contribution in [0.1, 0.15) is 11.1 Å². The predicted octanol–water partition coefficient (Wildman–Crippen LogP) is 2.92. The molecule has 0 heterocycles. The predicted molar refractivity (Wildman–Crippen MR) is 74.1 cm³/mol. The lowest BCUT2D eigenvalue weighted by Gasteiger charge is -2.21. The smallest absolute Gasteiger partial charge is 0.128 e. The van der Waals surface area contributed by atoms with Crippen LogP contribution >= 0.6 is 0 Å². The van der Waals surface area contributed by atoms with Gasteiger partial charge >= 0.3 is 0 Å². The fourth-order valence-electron chi connectivity index (χ4n) is 1.95. The summed E-state index contributed by atoms with van der Waals surface area (Å²) in [4.78, 5) is 1.83. The molecule has 0 saturated heterocycles. The van der Waals surface area contributed by atoms with Crippen molar-refractivity contribution in [2.24, 2.45) is 0 Å². The number of rotatable bonds is 3. The van der Waals surface area contributed by atoms with Crippen LogP contribution in [-0.2, 0) is 6.54 Å². The first kappa shape index (κ1) is 12.9. The third-order valence-corrected chi connectivity index (χ3v) is 2.98. The first-order valence-electron chi connectivity index (χ1n) is 5.86. The Hall–Kier alpha value is -2.54. The zero-order chi connectivity index (χ0) is 13.8. The summed E-state index contributed by atoms with van der Waals surface area (Å²) in [5.74, 6) is -0.246. The Kier molecular flexibility index (Phi) is 3.67. The van der Waals surface area contributed by atoms with Crippen LogP contribution in [-0.4, -0.2) is 7.05 Å². The molecule has 0 unspecified atom stereocenters. The van der Waals surface area contributed by atoms with E-state index in [9.17, 15) is 4.39 Å². The molecule has 2 rings (SSSR count). The van der Waals surface area contributed by atoms with Crippen LogP contribution in [0.25, 0.3) is 0 Å². The molecule has 0 aromatic heterocycles. The number of nitrogens with two attached hydrogens (primary N) is 1. The Morgan fingerprint density at radius 2 is 1.95 bits per heavy atom. The van der Waals surface area contributed by atoms with Gasteiger partial charge in [-0.15, -0.1) is 0 Å². The standard InChI is InChI=1S/C15H14FN3/c1-19(10-12-5-2-3-7-13(12)16)14-8-4-6-11(9-17)15(14)18/h2-8H,10,18H2,1H3. The second-order valence-corrected chi connectivity index (χ2v) is 4.30. The zero-order valence-corrected chi connectivity index (χ0v) is 10.6. The van der Waals surface area contributed by atoms with Crippen LogP contribution in [0.4, 0.5) is 15.8 Å². The van der Waals surface area contributed by atoms with E-state index in [0.717, 1.165) is 5.69 Å². The van der Waals surface area contributed by atoms with Gasteiger partial charge in [-0.05, 0) is 18.2 Å². The second-order valence-electron chi connectivity index (χ2n) is 4.30. The largest absolute Gasteiger partial charge is 0.396 e.